The molecule has 4 aromatic heterocycles. The number of hydrogen-bond acceptors (Lipinski definition) is 4. The minimum atomic E-state index is 0.916. The van der Waals surface area contributed by atoms with Gasteiger partial charge in [0.25, 0.3) is 0 Å². The third kappa shape index (κ3) is 19.8. The maximum atomic E-state index is 2.52. The summed E-state index contributed by atoms with van der Waals surface area (Å²) in [6, 6.07) is 92.6. The van der Waals surface area contributed by atoms with Gasteiger partial charge in [0.05, 0.1) is 70.8 Å². The summed E-state index contributed by atoms with van der Waals surface area (Å²) in [5, 5.41) is 24.2. The number of benzene rings is 13. The smallest absolute Gasteiger partial charge is 0.0757 e. The predicted octanol–water partition coefficient (Wildman–Crippen LogP) is 30.4. The van der Waals surface area contributed by atoms with Crippen LogP contribution in [0.25, 0.3) is 141 Å². The van der Waals surface area contributed by atoms with E-state index in [1.54, 1.807) is 0 Å². The van der Waals surface area contributed by atoms with Crippen LogP contribution in [0.15, 0.2) is 255 Å². The van der Waals surface area contributed by atoms with Crippen LogP contribution in [-0.4, -0.2) is 90.2 Å². The third-order valence-electron chi connectivity index (χ3n) is 20.5. The van der Waals surface area contributed by atoms with Crippen LogP contribution in [0.5, 0.6) is 0 Å². The summed E-state index contributed by atoms with van der Waals surface area (Å²) in [5.41, 5.74) is 10.7. The number of fused-ring (bicyclic) bond motifs is 22. The Kier molecular flexibility index (Phi) is 38.7. The van der Waals surface area contributed by atoms with Gasteiger partial charge in [-0.2, -0.15) is 0 Å². The average Bonchev–Trinajstić information content (AvgIpc) is 1.55. The third-order valence-corrected chi connectivity index (χ3v) is 20.5. The van der Waals surface area contributed by atoms with Crippen molar-refractivity contribution in [2.24, 2.45) is 0 Å². The van der Waals surface area contributed by atoms with Crippen LogP contribution in [0.4, 0.5) is 0 Å². The maximum absolute atomic E-state index is 2.52. The predicted molar refractivity (Wildman–Crippen MR) is 508 cm³/mol. The van der Waals surface area contributed by atoms with Gasteiger partial charge in [0.15, 0.2) is 0 Å². The Bertz CT molecular complexity index is 5550. The highest BCUT2D eigenvalue weighted by Gasteiger charge is 2.21. The molecule has 8 nitrogen and oxygen atoms in total. The zero-order chi connectivity index (χ0) is 81.8. The molecule has 0 N–H and O–H groups in total. The van der Waals surface area contributed by atoms with Gasteiger partial charge in [-0.05, 0) is 138 Å². The van der Waals surface area contributed by atoms with Crippen LogP contribution in [-0.2, 0) is 26.7 Å². The Hall–Kier alpha value is -9.80. The Labute approximate surface area is 674 Å². The summed E-state index contributed by atoms with van der Waals surface area (Å²) in [6.45, 7) is 62.1. The maximum Gasteiger partial charge on any atom is 0.0757 e. The molecule has 112 heavy (non-hydrogen) atoms. The van der Waals surface area contributed by atoms with E-state index in [-0.39, 0.29) is 0 Å². The highest BCUT2D eigenvalue weighted by atomic mass is 15.3. The van der Waals surface area contributed by atoms with Crippen molar-refractivity contribution < 1.29 is 0 Å². The van der Waals surface area contributed by atoms with E-state index in [2.05, 4.69) is 348 Å². The number of rotatable bonds is 16. The lowest BCUT2D eigenvalue weighted by atomic mass is 9.97. The van der Waals surface area contributed by atoms with Crippen molar-refractivity contribution in [2.45, 2.75) is 193 Å². The van der Waals surface area contributed by atoms with E-state index in [0.717, 1.165) is 79.0 Å². The minimum Gasteiger partial charge on any atom is -0.327 e. The lowest BCUT2D eigenvalue weighted by molar-refractivity contribution is 0.249. The molecule has 0 aliphatic heterocycles. The van der Waals surface area contributed by atoms with Gasteiger partial charge < -0.3 is 18.3 Å². The molecule has 17 aromatic rings. The Morgan fingerprint density at radius 3 is 0.920 bits per heavy atom. The molecule has 0 aliphatic rings. The van der Waals surface area contributed by atoms with Crippen molar-refractivity contribution in [1.82, 2.24) is 37.9 Å². The van der Waals surface area contributed by atoms with Crippen molar-refractivity contribution in [2.75, 3.05) is 52.4 Å². The Morgan fingerprint density at radius 2 is 0.455 bits per heavy atom. The molecule has 0 bridgehead atoms. The van der Waals surface area contributed by atoms with Crippen LogP contribution in [0.2, 0.25) is 0 Å². The SMILES string of the molecule is CC.CC.CC.CC.CC.CC.CC.CC.CCN(CC)Cn1c2ccccc2c2c3ccccc3c3ccccc3c21.CCN(CC)Cn1c2ccccc2c2c3ccccc3ccc21.CCN(CC)Cn1c2ccccc2c2cc3ccccc3cc21.CCN(CC)Cn1c2ccccc2c2ccc3ccccc3c21. The van der Waals surface area contributed by atoms with Gasteiger partial charge in [0, 0.05) is 53.9 Å². The van der Waals surface area contributed by atoms with Gasteiger partial charge in [-0.25, -0.2) is 0 Å². The number of aromatic nitrogens is 4. The van der Waals surface area contributed by atoms with Crippen molar-refractivity contribution in [1.29, 1.82) is 0 Å². The Balaban J connectivity index is 0.000000220. The van der Waals surface area contributed by atoms with E-state index < -0.39 is 0 Å². The van der Waals surface area contributed by atoms with E-state index >= 15 is 0 Å². The second kappa shape index (κ2) is 47.5. The molecule has 0 saturated heterocycles. The van der Waals surface area contributed by atoms with Crippen LogP contribution in [0.1, 0.15) is 166 Å². The van der Waals surface area contributed by atoms with E-state index in [4.69, 9.17) is 0 Å². The summed E-state index contributed by atoms with van der Waals surface area (Å²) in [5.74, 6) is 0. The monoisotopic (exact) mass is 1500 g/mol. The number of hydrogen-bond donors (Lipinski definition) is 0. The van der Waals surface area contributed by atoms with Gasteiger partial charge in [-0.15, -0.1) is 0 Å². The molecule has 594 valence electrons. The standard InChI is InChI=1S/C25H24N2.3C21H22N2.8C2H6/c1-3-26(4-2)17-27-23-16-10-9-15-22(23)24-20-13-7-5-11-18(20)19-12-6-8-14-21(19)25(24)27;1-3-22(4-2)15-23-20-12-8-7-11-18(20)19-13-16-9-5-6-10-17(16)14-21(19)23;1-3-22(4-2)15-23-20-12-8-7-11-18(20)19-14-13-16-9-5-6-10-17(16)21(19)23;1-3-22(4-2)15-23-19-12-8-7-11-18(19)21-17-10-6-5-9-16(17)13-14-20(21)23;8*1-2/h5-16H,3-4,17H2,1-2H3;3*5-14H,3-4,15H2,1-2H3;8*1-2H3. The molecule has 0 radical (unpaired) electrons. The number of nitrogens with zero attached hydrogens (tertiary/aromatic N) is 8. The Morgan fingerprint density at radius 1 is 0.179 bits per heavy atom. The summed E-state index contributed by atoms with van der Waals surface area (Å²) >= 11 is 0. The molecule has 0 unspecified atom stereocenters. The van der Waals surface area contributed by atoms with Crippen LogP contribution >= 0.6 is 0 Å². The van der Waals surface area contributed by atoms with Gasteiger partial charge in [0.2, 0.25) is 0 Å². The van der Waals surface area contributed by atoms with E-state index in [1.807, 2.05) is 111 Å². The van der Waals surface area contributed by atoms with E-state index in [1.165, 1.54) is 141 Å². The molecule has 17 rings (SSSR count). The van der Waals surface area contributed by atoms with Gasteiger partial charge in [-0.1, -0.05) is 378 Å². The first kappa shape index (κ1) is 91.1. The summed E-state index contributed by atoms with van der Waals surface area (Å²) in [4.78, 5) is 9.87. The quantitative estimate of drug-likeness (QED) is 0.0903. The average molecular weight is 1500 g/mol. The first-order valence-corrected chi connectivity index (χ1v) is 43.2. The molecule has 8 heteroatoms. The fourth-order valence-electron chi connectivity index (χ4n) is 15.2. The molecule has 0 spiro atoms. The van der Waals surface area contributed by atoms with Crippen molar-refractivity contribution >= 4 is 141 Å². The zero-order valence-corrected chi connectivity index (χ0v) is 73.3. The van der Waals surface area contributed by atoms with Gasteiger partial charge in [-0.3, -0.25) is 19.6 Å². The van der Waals surface area contributed by atoms with E-state index in [9.17, 15) is 0 Å². The summed E-state index contributed by atoms with van der Waals surface area (Å²) < 4.78 is 9.93. The molecule has 0 aliphatic carbocycles. The molecule has 0 fully saturated rings. The summed E-state index contributed by atoms with van der Waals surface area (Å²) in [6.07, 6.45) is 0. The summed E-state index contributed by atoms with van der Waals surface area (Å²) in [7, 11) is 0. The van der Waals surface area contributed by atoms with Gasteiger partial charge >= 0.3 is 0 Å². The largest absolute Gasteiger partial charge is 0.327 e. The first-order chi connectivity index (χ1) is 55.3. The molecular weight excluding hydrogens is 1360 g/mol. The van der Waals surface area contributed by atoms with Crippen LogP contribution < -0.4 is 0 Å². The molecule has 4 heterocycles. The van der Waals surface area contributed by atoms with E-state index in [0.29, 0.717) is 0 Å². The molecule has 0 atom stereocenters. The minimum absolute atomic E-state index is 0.916. The second-order valence-electron chi connectivity index (χ2n) is 25.5. The zero-order valence-electron chi connectivity index (χ0n) is 73.3. The van der Waals surface area contributed by atoms with Crippen LogP contribution in [0, 0.1) is 0 Å². The van der Waals surface area contributed by atoms with Crippen molar-refractivity contribution in [3.8, 4) is 0 Å². The molecular formula is C104H138N8. The highest BCUT2D eigenvalue weighted by Crippen LogP contribution is 2.42. The lowest BCUT2D eigenvalue weighted by Gasteiger charge is -2.21. The fourth-order valence-corrected chi connectivity index (χ4v) is 15.2. The highest BCUT2D eigenvalue weighted by molar-refractivity contribution is 6.32. The normalized spacial score (nSPS) is 10.7. The van der Waals surface area contributed by atoms with Crippen molar-refractivity contribution in [3.05, 3.63) is 255 Å². The molecule has 0 saturated carbocycles. The van der Waals surface area contributed by atoms with Crippen molar-refractivity contribution in [3.63, 3.8) is 0 Å². The van der Waals surface area contributed by atoms with Gasteiger partial charge in [0.1, 0.15) is 0 Å². The lowest BCUT2D eigenvalue weighted by Crippen LogP contribution is -2.25. The molecule has 0 amide bonds. The molecule has 13 aromatic carbocycles. The van der Waals surface area contributed by atoms with Crippen LogP contribution in [0.3, 0.4) is 0 Å². The topological polar surface area (TPSA) is 32.7 Å². The fraction of sp³-hybridized carbons (Fsp3) is 0.346. The first-order valence-electron chi connectivity index (χ1n) is 43.2. The second-order valence-corrected chi connectivity index (χ2v) is 25.5. The number of para-hydroxylation sites is 4.